The molecule has 2 aliphatic rings. The largest absolute Gasteiger partial charge is 0.332 e. The molecule has 2 bridgehead atoms. The van der Waals surface area contributed by atoms with Gasteiger partial charge in [0.25, 0.3) is 0 Å². The molecule has 19 heavy (non-hydrogen) atoms. The minimum absolute atomic E-state index is 0.0731. The molecule has 4 nitrogen and oxygen atoms in total. The predicted octanol–water partition coefficient (Wildman–Crippen LogP) is 2.03. The van der Waals surface area contributed by atoms with Gasteiger partial charge in [0.05, 0.1) is 4.83 Å². The Morgan fingerprint density at radius 2 is 1.58 bits per heavy atom. The summed E-state index contributed by atoms with van der Waals surface area (Å²) in [4.78, 5) is 23.3. The maximum atomic E-state index is 11.6. The maximum absolute atomic E-state index is 11.6. The van der Waals surface area contributed by atoms with Crippen molar-refractivity contribution in [2.75, 3.05) is 0 Å². The molecule has 2 amide bonds. The second-order valence-electron chi connectivity index (χ2n) is 6.69. The highest BCUT2D eigenvalue weighted by atomic mass is 79.9. The molecule has 0 radical (unpaired) electrons. The van der Waals surface area contributed by atoms with E-state index in [2.05, 4.69) is 47.3 Å². The highest BCUT2D eigenvalue weighted by Crippen LogP contribution is 2.64. The molecule has 0 saturated heterocycles. The van der Waals surface area contributed by atoms with E-state index in [4.69, 9.17) is 0 Å². The fraction of sp³-hybridized carbons (Fsp3) is 0.857. The van der Waals surface area contributed by atoms with Crippen LogP contribution in [-0.2, 0) is 9.59 Å². The number of fused-ring (bicyclic) bond motifs is 2. The van der Waals surface area contributed by atoms with Crippen molar-refractivity contribution in [1.29, 1.82) is 0 Å². The van der Waals surface area contributed by atoms with Crippen LogP contribution in [0.2, 0.25) is 0 Å². The van der Waals surface area contributed by atoms with Gasteiger partial charge in [0.2, 0.25) is 11.8 Å². The van der Waals surface area contributed by atoms with Crippen LogP contribution in [0.3, 0.4) is 0 Å². The first-order valence-electron chi connectivity index (χ1n) is 6.84. The van der Waals surface area contributed by atoms with Crippen molar-refractivity contribution in [1.82, 2.24) is 10.6 Å². The molecular weight excluding hydrogens is 308 g/mol. The summed E-state index contributed by atoms with van der Waals surface area (Å²) in [5.41, 5.74) is -0.420. The molecule has 0 aromatic rings. The van der Waals surface area contributed by atoms with Gasteiger partial charge in [-0.3, -0.25) is 9.59 Å². The van der Waals surface area contributed by atoms with Crippen molar-refractivity contribution in [3.63, 3.8) is 0 Å². The molecule has 0 spiro atoms. The van der Waals surface area contributed by atoms with Crippen molar-refractivity contribution in [2.24, 2.45) is 23.2 Å². The summed E-state index contributed by atoms with van der Waals surface area (Å²) < 4.78 is 0. The third kappa shape index (κ3) is 2.01. The Labute approximate surface area is 123 Å². The minimum Gasteiger partial charge on any atom is -0.332 e. The lowest BCUT2D eigenvalue weighted by Gasteiger charge is -2.50. The van der Waals surface area contributed by atoms with Gasteiger partial charge in [-0.25, -0.2) is 0 Å². The van der Waals surface area contributed by atoms with Crippen LogP contribution in [0.4, 0.5) is 0 Å². The zero-order valence-electron chi connectivity index (χ0n) is 12.2. The summed E-state index contributed by atoms with van der Waals surface area (Å²) in [7, 11) is 0. The molecule has 2 aliphatic carbocycles. The highest BCUT2D eigenvalue weighted by molar-refractivity contribution is 9.09. The first-order valence-corrected chi connectivity index (χ1v) is 7.76. The van der Waals surface area contributed by atoms with Gasteiger partial charge in [-0.2, -0.15) is 0 Å². The van der Waals surface area contributed by atoms with Crippen LogP contribution in [0.1, 0.15) is 41.0 Å². The molecule has 5 heteroatoms. The molecule has 0 aliphatic heterocycles. The monoisotopic (exact) mass is 330 g/mol. The molecule has 2 fully saturated rings. The number of rotatable bonds is 2. The lowest BCUT2D eigenvalue weighted by molar-refractivity contribution is -0.127. The Morgan fingerprint density at radius 1 is 1.11 bits per heavy atom. The lowest BCUT2D eigenvalue weighted by atomic mass is 9.65. The number of alkyl halides is 1. The van der Waals surface area contributed by atoms with Crippen molar-refractivity contribution >= 4 is 27.7 Å². The maximum Gasteiger partial charge on any atom is 0.218 e. The normalized spacial score (nSPS) is 38.0. The Balaban J connectivity index is 2.40. The van der Waals surface area contributed by atoms with E-state index in [0.29, 0.717) is 11.8 Å². The van der Waals surface area contributed by atoms with Gasteiger partial charge in [0.1, 0.15) is 5.66 Å². The zero-order valence-corrected chi connectivity index (χ0v) is 13.8. The van der Waals surface area contributed by atoms with Crippen molar-refractivity contribution in [3.8, 4) is 0 Å². The fourth-order valence-electron chi connectivity index (χ4n) is 4.17. The van der Waals surface area contributed by atoms with Gasteiger partial charge in [-0.05, 0) is 23.7 Å². The SMILES string of the molecule is CC(=O)NC1(NC(C)=O)[C@@H]2C[C@H]([C@@H]1Br)C(C)(C)[C@@H]2C. The summed E-state index contributed by atoms with van der Waals surface area (Å²) in [6.07, 6.45) is 1.03. The molecule has 0 aromatic heterocycles. The molecule has 2 N–H and O–H groups in total. The molecule has 2 rings (SSSR count). The van der Waals surface area contributed by atoms with E-state index < -0.39 is 5.66 Å². The number of halogens is 1. The summed E-state index contributed by atoms with van der Waals surface area (Å²) in [6.45, 7) is 9.79. The van der Waals surface area contributed by atoms with Crippen molar-refractivity contribution < 1.29 is 9.59 Å². The molecule has 0 heterocycles. The van der Waals surface area contributed by atoms with E-state index in [9.17, 15) is 9.59 Å². The van der Waals surface area contributed by atoms with Crippen LogP contribution in [0.15, 0.2) is 0 Å². The Bertz CT molecular complexity index is 406. The quantitative estimate of drug-likeness (QED) is 0.601. The average Bonchev–Trinajstić information content (AvgIpc) is 2.62. The summed E-state index contributed by atoms with van der Waals surface area (Å²) >= 11 is 3.75. The van der Waals surface area contributed by atoms with Crippen LogP contribution in [0.5, 0.6) is 0 Å². The van der Waals surface area contributed by atoms with Gasteiger partial charge in [0.15, 0.2) is 0 Å². The van der Waals surface area contributed by atoms with Gasteiger partial charge in [-0.1, -0.05) is 36.7 Å². The van der Waals surface area contributed by atoms with E-state index in [0.717, 1.165) is 6.42 Å². The summed E-state index contributed by atoms with van der Waals surface area (Å²) in [5, 5.41) is 6.04. The van der Waals surface area contributed by atoms with Gasteiger partial charge in [0, 0.05) is 19.8 Å². The van der Waals surface area contributed by atoms with Crippen LogP contribution < -0.4 is 10.6 Å². The summed E-state index contributed by atoms with van der Waals surface area (Å²) in [6, 6.07) is 0. The Morgan fingerprint density at radius 3 is 1.95 bits per heavy atom. The Hall–Kier alpha value is -0.580. The van der Waals surface area contributed by atoms with Gasteiger partial charge < -0.3 is 10.6 Å². The fourth-order valence-corrected chi connectivity index (χ4v) is 5.64. The van der Waals surface area contributed by atoms with Crippen LogP contribution in [-0.4, -0.2) is 22.3 Å². The topological polar surface area (TPSA) is 58.2 Å². The Kier molecular flexibility index (Phi) is 3.49. The van der Waals surface area contributed by atoms with E-state index >= 15 is 0 Å². The number of carbonyl (C=O) groups excluding carboxylic acids is 2. The van der Waals surface area contributed by atoms with Crippen molar-refractivity contribution in [2.45, 2.75) is 51.5 Å². The third-order valence-corrected chi connectivity index (χ3v) is 6.74. The third-order valence-electron chi connectivity index (χ3n) is 5.38. The first-order chi connectivity index (χ1) is 8.63. The number of carbonyl (C=O) groups is 2. The zero-order chi connectivity index (χ0) is 14.6. The molecule has 108 valence electrons. The lowest BCUT2D eigenvalue weighted by Crippen LogP contribution is -2.70. The molecular formula is C14H23BrN2O2. The van der Waals surface area contributed by atoms with Crippen LogP contribution >= 0.6 is 15.9 Å². The van der Waals surface area contributed by atoms with Gasteiger partial charge in [-0.15, -0.1) is 0 Å². The number of nitrogens with one attached hydrogen (secondary N) is 2. The average molecular weight is 331 g/mol. The van der Waals surface area contributed by atoms with Crippen molar-refractivity contribution in [3.05, 3.63) is 0 Å². The van der Waals surface area contributed by atoms with E-state index in [-0.39, 0.29) is 28.0 Å². The standard InChI is InChI=1S/C14H23BrN2O2/c1-7-10-6-11(13(7,4)5)12(15)14(10,16-8(2)18)17-9(3)19/h7,10-12H,6H2,1-5H3,(H,16,18)(H,17,19)/t7-,10-,11-,12+/m1/s1. The van der Waals surface area contributed by atoms with Gasteiger partial charge >= 0.3 is 0 Å². The van der Waals surface area contributed by atoms with E-state index in [1.54, 1.807) is 0 Å². The molecule has 0 aromatic carbocycles. The smallest absolute Gasteiger partial charge is 0.218 e. The molecule has 0 unspecified atom stereocenters. The van der Waals surface area contributed by atoms with Crippen LogP contribution in [0.25, 0.3) is 0 Å². The summed E-state index contributed by atoms with van der Waals surface area (Å²) in [5.74, 6) is 0.965. The number of amides is 2. The van der Waals surface area contributed by atoms with E-state index in [1.165, 1.54) is 13.8 Å². The number of hydrogen-bond donors (Lipinski definition) is 2. The first kappa shape index (κ1) is 14.8. The second-order valence-corrected chi connectivity index (χ2v) is 7.68. The number of hydrogen-bond acceptors (Lipinski definition) is 2. The second kappa shape index (κ2) is 4.47. The highest BCUT2D eigenvalue weighted by Gasteiger charge is 2.67. The van der Waals surface area contributed by atoms with Crippen LogP contribution in [0, 0.1) is 23.2 Å². The minimum atomic E-state index is -0.642. The van der Waals surface area contributed by atoms with E-state index in [1.807, 2.05) is 0 Å². The predicted molar refractivity (Wildman–Crippen MR) is 77.6 cm³/mol. The molecule has 2 saturated carbocycles. The molecule has 4 atom stereocenters.